The number of carbonyl (C=O) groups is 4. The summed E-state index contributed by atoms with van der Waals surface area (Å²) in [6, 6.07) is 6.96. The van der Waals surface area contributed by atoms with Crippen molar-refractivity contribution in [3.05, 3.63) is 24.3 Å². The van der Waals surface area contributed by atoms with Crippen molar-refractivity contribution in [3.8, 4) is 0 Å². The topological polar surface area (TPSA) is 90.0 Å². The van der Waals surface area contributed by atoms with Gasteiger partial charge in [0.2, 0.25) is 23.6 Å². The van der Waals surface area contributed by atoms with E-state index in [1.807, 2.05) is 0 Å². The highest BCUT2D eigenvalue weighted by molar-refractivity contribution is 5.94. The Morgan fingerprint density at radius 3 is 2.19 bits per heavy atom. The van der Waals surface area contributed by atoms with E-state index in [4.69, 9.17) is 0 Å². The first kappa shape index (κ1) is 20.4. The van der Waals surface area contributed by atoms with Crippen molar-refractivity contribution >= 4 is 35.0 Å². The zero-order valence-corrected chi connectivity index (χ0v) is 16.0. The van der Waals surface area contributed by atoms with Gasteiger partial charge in [-0.2, -0.15) is 0 Å². The largest absolute Gasteiger partial charge is 0.339 e. The molecule has 1 aromatic rings. The van der Waals surface area contributed by atoms with Crippen LogP contribution in [-0.2, 0) is 19.2 Å². The predicted octanol–water partition coefficient (Wildman–Crippen LogP) is 1.08. The lowest BCUT2D eigenvalue weighted by Crippen LogP contribution is -2.50. The Hall–Kier alpha value is -2.90. The van der Waals surface area contributed by atoms with Crippen LogP contribution in [0.5, 0.6) is 0 Å². The average Bonchev–Trinajstić information content (AvgIpc) is 2.61. The molecule has 1 aliphatic heterocycles. The summed E-state index contributed by atoms with van der Waals surface area (Å²) in [4.78, 5) is 52.1. The highest BCUT2D eigenvalue weighted by atomic mass is 16.2. The Balaban J connectivity index is 1.97. The molecule has 1 aliphatic rings. The van der Waals surface area contributed by atoms with E-state index in [1.165, 1.54) is 25.7 Å². The number of anilines is 2. The molecule has 1 N–H and O–H groups in total. The van der Waals surface area contributed by atoms with Gasteiger partial charge in [-0.1, -0.05) is 6.07 Å². The summed E-state index contributed by atoms with van der Waals surface area (Å²) in [5.41, 5.74) is 1.22. The lowest BCUT2D eigenvalue weighted by molar-refractivity contribution is -0.138. The molecular formula is C19H26N4O4. The lowest BCUT2D eigenvalue weighted by Gasteiger charge is -2.34. The minimum Gasteiger partial charge on any atom is -0.339 e. The normalized spacial score (nSPS) is 13.9. The molecule has 0 spiro atoms. The number of hydrogen-bond donors (Lipinski definition) is 1. The van der Waals surface area contributed by atoms with Crippen molar-refractivity contribution in [1.82, 2.24) is 9.80 Å². The van der Waals surface area contributed by atoms with Crippen LogP contribution in [0, 0.1) is 0 Å². The molecular weight excluding hydrogens is 348 g/mol. The fourth-order valence-electron chi connectivity index (χ4n) is 3.06. The van der Waals surface area contributed by atoms with E-state index in [-0.39, 0.29) is 36.6 Å². The zero-order chi connectivity index (χ0) is 20.0. The van der Waals surface area contributed by atoms with E-state index < -0.39 is 0 Å². The molecule has 8 nitrogen and oxygen atoms in total. The second kappa shape index (κ2) is 9.16. The zero-order valence-electron chi connectivity index (χ0n) is 16.0. The molecule has 0 unspecified atom stereocenters. The Bertz CT molecular complexity index is 726. The minimum absolute atomic E-state index is 0.0175. The molecule has 27 heavy (non-hydrogen) atoms. The molecule has 0 radical (unpaired) electrons. The van der Waals surface area contributed by atoms with E-state index in [9.17, 15) is 19.2 Å². The van der Waals surface area contributed by atoms with Crippen molar-refractivity contribution < 1.29 is 19.2 Å². The quantitative estimate of drug-likeness (QED) is 0.835. The first-order valence-corrected chi connectivity index (χ1v) is 8.97. The molecule has 146 valence electrons. The van der Waals surface area contributed by atoms with Crippen molar-refractivity contribution in [2.45, 2.75) is 27.2 Å². The number of amides is 4. The highest BCUT2D eigenvalue weighted by Gasteiger charge is 2.23. The van der Waals surface area contributed by atoms with Crippen LogP contribution in [0.15, 0.2) is 24.3 Å². The third kappa shape index (κ3) is 5.80. The molecule has 8 heteroatoms. The Labute approximate surface area is 159 Å². The van der Waals surface area contributed by atoms with Gasteiger partial charge in [0.15, 0.2) is 0 Å². The van der Waals surface area contributed by atoms with Crippen LogP contribution in [0.25, 0.3) is 0 Å². The van der Waals surface area contributed by atoms with Crippen LogP contribution >= 0.6 is 0 Å². The number of nitrogens with one attached hydrogen (secondary N) is 1. The maximum absolute atomic E-state index is 12.5. The van der Waals surface area contributed by atoms with E-state index in [0.29, 0.717) is 37.6 Å². The molecule has 1 heterocycles. The summed E-state index contributed by atoms with van der Waals surface area (Å²) in [6.45, 7) is 6.74. The lowest BCUT2D eigenvalue weighted by atomic mass is 10.2. The smallest absolute Gasteiger partial charge is 0.224 e. The first-order valence-electron chi connectivity index (χ1n) is 8.97. The van der Waals surface area contributed by atoms with Gasteiger partial charge in [-0.05, 0) is 18.2 Å². The molecule has 0 bridgehead atoms. The van der Waals surface area contributed by atoms with Crippen molar-refractivity contribution in [2.75, 3.05) is 42.9 Å². The van der Waals surface area contributed by atoms with Gasteiger partial charge in [-0.15, -0.1) is 0 Å². The van der Waals surface area contributed by atoms with Crippen LogP contribution in [-0.4, -0.2) is 66.2 Å². The van der Waals surface area contributed by atoms with Gasteiger partial charge < -0.3 is 20.0 Å². The third-order valence-electron chi connectivity index (χ3n) is 4.49. The van der Waals surface area contributed by atoms with Crippen LogP contribution < -0.4 is 10.2 Å². The van der Waals surface area contributed by atoms with Gasteiger partial charge >= 0.3 is 0 Å². The van der Waals surface area contributed by atoms with Gasteiger partial charge in [0.05, 0.1) is 0 Å². The van der Waals surface area contributed by atoms with Crippen molar-refractivity contribution in [1.29, 1.82) is 0 Å². The standard InChI is InChI=1S/C19H26N4O4/c1-14(24)20-17-5-4-6-18(13-17)23(16(3)26)8-7-19(27)22-11-9-21(10-12-22)15(2)25/h4-6,13H,7-12H2,1-3H3,(H,20,24). The van der Waals surface area contributed by atoms with Crippen LogP contribution in [0.2, 0.25) is 0 Å². The molecule has 2 rings (SSSR count). The second-order valence-corrected chi connectivity index (χ2v) is 6.54. The maximum atomic E-state index is 12.5. The summed E-state index contributed by atoms with van der Waals surface area (Å²) in [6.07, 6.45) is 0.198. The molecule has 0 atom stereocenters. The molecule has 4 amide bonds. The number of rotatable bonds is 5. The van der Waals surface area contributed by atoms with Gasteiger partial charge in [-0.3, -0.25) is 19.2 Å². The highest BCUT2D eigenvalue weighted by Crippen LogP contribution is 2.20. The first-order chi connectivity index (χ1) is 12.8. The fraction of sp³-hybridized carbons (Fsp3) is 0.474. The monoisotopic (exact) mass is 374 g/mol. The third-order valence-corrected chi connectivity index (χ3v) is 4.49. The minimum atomic E-state index is -0.193. The van der Waals surface area contributed by atoms with E-state index in [1.54, 1.807) is 34.1 Å². The molecule has 0 aliphatic carbocycles. The summed E-state index contributed by atoms with van der Waals surface area (Å²) in [5.74, 6) is -0.392. The van der Waals surface area contributed by atoms with Gasteiger partial charge in [0, 0.05) is 71.3 Å². The Morgan fingerprint density at radius 2 is 1.63 bits per heavy atom. The fourth-order valence-corrected chi connectivity index (χ4v) is 3.06. The second-order valence-electron chi connectivity index (χ2n) is 6.54. The van der Waals surface area contributed by atoms with E-state index in [2.05, 4.69) is 5.32 Å². The van der Waals surface area contributed by atoms with Crippen LogP contribution in [0.1, 0.15) is 27.2 Å². The number of carbonyl (C=O) groups excluding carboxylic acids is 4. The van der Waals surface area contributed by atoms with E-state index >= 15 is 0 Å². The van der Waals surface area contributed by atoms with Crippen molar-refractivity contribution in [2.24, 2.45) is 0 Å². The molecule has 1 fully saturated rings. The Morgan fingerprint density at radius 1 is 1.00 bits per heavy atom. The summed E-state index contributed by atoms with van der Waals surface area (Å²) >= 11 is 0. The number of benzene rings is 1. The molecule has 0 saturated carbocycles. The van der Waals surface area contributed by atoms with E-state index in [0.717, 1.165) is 0 Å². The van der Waals surface area contributed by atoms with Gasteiger partial charge in [0.25, 0.3) is 0 Å². The molecule has 1 aromatic carbocycles. The summed E-state index contributed by atoms with van der Waals surface area (Å²) in [7, 11) is 0. The summed E-state index contributed by atoms with van der Waals surface area (Å²) < 4.78 is 0. The molecule has 1 saturated heterocycles. The van der Waals surface area contributed by atoms with Gasteiger partial charge in [0.1, 0.15) is 0 Å². The number of hydrogen-bond acceptors (Lipinski definition) is 4. The summed E-state index contributed by atoms with van der Waals surface area (Å²) in [5, 5.41) is 2.68. The van der Waals surface area contributed by atoms with Gasteiger partial charge in [-0.25, -0.2) is 0 Å². The number of piperazine rings is 1. The van der Waals surface area contributed by atoms with Crippen molar-refractivity contribution in [3.63, 3.8) is 0 Å². The Kier molecular flexibility index (Phi) is 6.92. The maximum Gasteiger partial charge on any atom is 0.224 e. The molecule has 0 aromatic heterocycles. The average molecular weight is 374 g/mol. The van der Waals surface area contributed by atoms with Crippen LogP contribution in [0.4, 0.5) is 11.4 Å². The number of nitrogens with zero attached hydrogens (tertiary/aromatic N) is 3. The predicted molar refractivity (Wildman–Crippen MR) is 102 cm³/mol. The SMILES string of the molecule is CC(=O)Nc1cccc(N(CCC(=O)N2CCN(C(C)=O)CC2)C(C)=O)c1. The van der Waals surface area contributed by atoms with Crippen LogP contribution in [0.3, 0.4) is 0 Å².